The standard InChI is InChI=1S/C10H9ClN2OS/c1-2-13-9(8(11)5-12-13)10(14)7-3-4-15-6-7/h3-6H,2H2,1H3. The van der Waals surface area contributed by atoms with Crippen molar-refractivity contribution in [2.24, 2.45) is 0 Å². The quantitative estimate of drug-likeness (QED) is 0.774. The Morgan fingerprint density at radius 1 is 1.67 bits per heavy atom. The van der Waals surface area contributed by atoms with Gasteiger partial charge in [-0.05, 0) is 18.4 Å². The zero-order valence-corrected chi connectivity index (χ0v) is 9.68. The van der Waals surface area contributed by atoms with Crippen LogP contribution in [0.5, 0.6) is 0 Å². The molecule has 0 fully saturated rings. The fraction of sp³-hybridized carbons (Fsp3) is 0.200. The van der Waals surface area contributed by atoms with E-state index in [-0.39, 0.29) is 5.78 Å². The number of carbonyl (C=O) groups is 1. The van der Waals surface area contributed by atoms with Gasteiger partial charge in [0, 0.05) is 17.5 Å². The highest BCUT2D eigenvalue weighted by Crippen LogP contribution is 2.20. The molecule has 5 heteroatoms. The number of aryl methyl sites for hydroxylation is 1. The van der Waals surface area contributed by atoms with Crippen LogP contribution >= 0.6 is 22.9 Å². The van der Waals surface area contributed by atoms with Gasteiger partial charge in [-0.2, -0.15) is 16.4 Å². The first-order valence-corrected chi connectivity index (χ1v) is 5.84. The van der Waals surface area contributed by atoms with Crippen LogP contribution in [0.2, 0.25) is 5.02 Å². The van der Waals surface area contributed by atoms with Gasteiger partial charge >= 0.3 is 0 Å². The van der Waals surface area contributed by atoms with Crippen LogP contribution in [0.4, 0.5) is 0 Å². The summed E-state index contributed by atoms with van der Waals surface area (Å²) in [5.41, 5.74) is 1.13. The first kappa shape index (κ1) is 10.4. The van der Waals surface area contributed by atoms with E-state index in [1.807, 2.05) is 17.7 Å². The van der Waals surface area contributed by atoms with E-state index in [4.69, 9.17) is 11.6 Å². The third kappa shape index (κ3) is 1.82. The number of hydrogen-bond donors (Lipinski definition) is 0. The Balaban J connectivity index is 2.45. The van der Waals surface area contributed by atoms with E-state index < -0.39 is 0 Å². The second-order valence-corrected chi connectivity index (χ2v) is 4.19. The summed E-state index contributed by atoms with van der Waals surface area (Å²) in [7, 11) is 0. The minimum atomic E-state index is -0.0689. The number of halogens is 1. The van der Waals surface area contributed by atoms with Crippen molar-refractivity contribution in [3.05, 3.63) is 39.3 Å². The summed E-state index contributed by atoms with van der Waals surface area (Å²) in [6.45, 7) is 2.56. The lowest BCUT2D eigenvalue weighted by atomic mass is 10.1. The molecule has 2 aromatic rings. The number of thiophene rings is 1. The molecule has 78 valence electrons. The Labute approximate surface area is 96.3 Å². The lowest BCUT2D eigenvalue weighted by Gasteiger charge is -2.02. The average Bonchev–Trinajstić information content (AvgIpc) is 2.85. The van der Waals surface area contributed by atoms with Crippen LogP contribution in [0.3, 0.4) is 0 Å². The maximum Gasteiger partial charge on any atom is 0.213 e. The van der Waals surface area contributed by atoms with Crippen LogP contribution in [0.25, 0.3) is 0 Å². The van der Waals surface area contributed by atoms with Gasteiger partial charge in [-0.1, -0.05) is 11.6 Å². The van der Waals surface area contributed by atoms with Gasteiger partial charge in [-0.15, -0.1) is 0 Å². The number of aromatic nitrogens is 2. The van der Waals surface area contributed by atoms with Crippen LogP contribution in [-0.2, 0) is 6.54 Å². The van der Waals surface area contributed by atoms with Crippen LogP contribution in [0, 0.1) is 0 Å². The Hall–Kier alpha value is -1.13. The summed E-state index contributed by atoms with van der Waals surface area (Å²) >= 11 is 7.43. The van der Waals surface area contributed by atoms with E-state index in [1.165, 1.54) is 17.5 Å². The molecular formula is C10H9ClN2OS. The molecule has 0 bridgehead atoms. The molecule has 0 N–H and O–H groups in total. The smallest absolute Gasteiger partial charge is 0.213 e. The fourth-order valence-electron chi connectivity index (χ4n) is 1.36. The van der Waals surface area contributed by atoms with Crippen molar-refractivity contribution in [2.45, 2.75) is 13.5 Å². The zero-order valence-electron chi connectivity index (χ0n) is 8.11. The molecule has 0 saturated carbocycles. The van der Waals surface area contributed by atoms with Gasteiger partial charge in [0.25, 0.3) is 0 Å². The van der Waals surface area contributed by atoms with Gasteiger partial charge in [0.1, 0.15) is 5.69 Å². The van der Waals surface area contributed by atoms with Gasteiger partial charge < -0.3 is 0 Å². The predicted molar refractivity (Wildman–Crippen MR) is 60.7 cm³/mol. The molecule has 2 aromatic heterocycles. The first-order valence-electron chi connectivity index (χ1n) is 4.52. The van der Waals surface area contributed by atoms with Crippen molar-refractivity contribution in [1.29, 1.82) is 0 Å². The van der Waals surface area contributed by atoms with E-state index in [9.17, 15) is 4.79 Å². The predicted octanol–water partition coefficient (Wildman–Crippen LogP) is 2.85. The van der Waals surface area contributed by atoms with Crippen molar-refractivity contribution in [3.63, 3.8) is 0 Å². The van der Waals surface area contributed by atoms with Crippen molar-refractivity contribution < 1.29 is 4.79 Å². The topological polar surface area (TPSA) is 34.9 Å². The second-order valence-electron chi connectivity index (χ2n) is 3.00. The summed E-state index contributed by atoms with van der Waals surface area (Å²) in [6.07, 6.45) is 1.50. The molecule has 0 atom stereocenters. The molecule has 0 aliphatic carbocycles. The maximum atomic E-state index is 12.0. The summed E-state index contributed by atoms with van der Waals surface area (Å²) in [5.74, 6) is -0.0689. The van der Waals surface area contributed by atoms with E-state index >= 15 is 0 Å². The van der Waals surface area contributed by atoms with Crippen LogP contribution < -0.4 is 0 Å². The molecule has 0 unspecified atom stereocenters. The Morgan fingerprint density at radius 2 is 2.47 bits per heavy atom. The Kier molecular flexibility index (Phi) is 2.88. The van der Waals surface area contributed by atoms with Gasteiger partial charge in [-0.25, -0.2) is 0 Å². The summed E-state index contributed by atoms with van der Waals surface area (Å²) in [6, 6.07) is 1.79. The minimum Gasteiger partial charge on any atom is -0.287 e. The molecule has 15 heavy (non-hydrogen) atoms. The molecular weight excluding hydrogens is 232 g/mol. The highest BCUT2D eigenvalue weighted by Gasteiger charge is 2.18. The highest BCUT2D eigenvalue weighted by molar-refractivity contribution is 7.08. The molecule has 2 rings (SSSR count). The third-order valence-corrected chi connectivity index (χ3v) is 3.05. The minimum absolute atomic E-state index is 0.0689. The fourth-order valence-corrected chi connectivity index (χ4v) is 2.22. The van der Waals surface area contributed by atoms with E-state index in [0.717, 1.165) is 0 Å². The lowest BCUT2D eigenvalue weighted by Crippen LogP contribution is -2.10. The molecule has 0 aliphatic rings. The van der Waals surface area contributed by atoms with Crippen molar-refractivity contribution in [3.8, 4) is 0 Å². The summed E-state index contributed by atoms with van der Waals surface area (Å²) in [4.78, 5) is 12.0. The highest BCUT2D eigenvalue weighted by atomic mass is 35.5. The van der Waals surface area contributed by atoms with E-state index in [2.05, 4.69) is 5.10 Å². The van der Waals surface area contributed by atoms with E-state index in [1.54, 1.807) is 10.7 Å². The molecule has 0 radical (unpaired) electrons. The average molecular weight is 241 g/mol. The van der Waals surface area contributed by atoms with Gasteiger partial charge in [-0.3, -0.25) is 9.48 Å². The number of ketones is 1. The monoisotopic (exact) mass is 240 g/mol. The maximum absolute atomic E-state index is 12.0. The zero-order chi connectivity index (χ0) is 10.8. The number of nitrogens with zero attached hydrogens (tertiary/aromatic N) is 2. The van der Waals surface area contributed by atoms with Gasteiger partial charge in [0.05, 0.1) is 11.2 Å². The number of hydrogen-bond acceptors (Lipinski definition) is 3. The Bertz CT molecular complexity index is 476. The molecule has 0 aromatic carbocycles. The van der Waals surface area contributed by atoms with Crippen molar-refractivity contribution in [2.75, 3.05) is 0 Å². The van der Waals surface area contributed by atoms with Crippen LogP contribution in [0.15, 0.2) is 23.0 Å². The number of carbonyl (C=O) groups excluding carboxylic acids is 1. The van der Waals surface area contributed by atoms with E-state index in [0.29, 0.717) is 22.8 Å². The number of rotatable bonds is 3. The largest absolute Gasteiger partial charge is 0.287 e. The molecule has 0 amide bonds. The van der Waals surface area contributed by atoms with Crippen molar-refractivity contribution in [1.82, 2.24) is 9.78 Å². The summed E-state index contributed by atoms with van der Waals surface area (Å²) in [5, 5.41) is 8.12. The van der Waals surface area contributed by atoms with Crippen molar-refractivity contribution >= 4 is 28.7 Å². The third-order valence-electron chi connectivity index (χ3n) is 2.09. The van der Waals surface area contributed by atoms with Crippen LogP contribution in [-0.4, -0.2) is 15.6 Å². The second kappa shape index (κ2) is 4.16. The Morgan fingerprint density at radius 3 is 3.07 bits per heavy atom. The van der Waals surface area contributed by atoms with Gasteiger partial charge in [0.15, 0.2) is 0 Å². The molecule has 0 saturated heterocycles. The summed E-state index contributed by atoms with van der Waals surface area (Å²) < 4.78 is 1.61. The first-order chi connectivity index (χ1) is 7.24. The lowest BCUT2D eigenvalue weighted by molar-refractivity contribution is 0.102. The van der Waals surface area contributed by atoms with Gasteiger partial charge in [0.2, 0.25) is 5.78 Å². The molecule has 0 spiro atoms. The molecule has 2 heterocycles. The SMILES string of the molecule is CCn1ncc(Cl)c1C(=O)c1ccsc1. The molecule has 0 aliphatic heterocycles. The normalized spacial score (nSPS) is 10.5. The molecule has 3 nitrogen and oxygen atoms in total. The van der Waals surface area contributed by atoms with Crippen LogP contribution in [0.1, 0.15) is 23.0 Å².